The highest BCUT2D eigenvalue weighted by Crippen LogP contribution is 2.37. The van der Waals surface area contributed by atoms with Gasteiger partial charge in [0.1, 0.15) is 24.6 Å². The van der Waals surface area contributed by atoms with Gasteiger partial charge in [0.25, 0.3) is 5.91 Å². The molecule has 0 saturated carbocycles. The molecule has 0 bridgehead atoms. The van der Waals surface area contributed by atoms with Crippen molar-refractivity contribution in [3.05, 3.63) is 17.9 Å². The first-order chi connectivity index (χ1) is 11.1. The van der Waals surface area contributed by atoms with E-state index >= 15 is 0 Å². The van der Waals surface area contributed by atoms with Crippen molar-refractivity contribution < 1.29 is 28.0 Å². The molecule has 1 aromatic carbocycles. The van der Waals surface area contributed by atoms with Crippen LogP contribution in [0, 0.1) is 5.82 Å². The summed E-state index contributed by atoms with van der Waals surface area (Å²) in [4.78, 5) is 11.3. The lowest BCUT2D eigenvalue weighted by Gasteiger charge is -2.24. The highest BCUT2D eigenvalue weighted by Gasteiger charge is 2.32. The largest absolute Gasteiger partial charge is 0.506 e. The molecule has 1 amide bonds. The smallest absolute Gasteiger partial charge is 0.253 e. The molecule has 2 fully saturated rings. The number of carbonyl (C=O) groups is 1. The molecule has 0 radical (unpaired) electrons. The number of carbonyl (C=O) groups excluding carboxylic acids is 1. The Morgan fingerprint density at radius 1 is 1.52 bits per heavy atom. The Morgan fingerprint density at radius 3 is 3.00 bits per heavy atom. The Labute approximate surface area is 134 Å². The maximum atomic E-state index is 14.6. The van der Waals surface area contributed by atoms with Gasteiger partial charge in [-0.05, 0) is 12.1 Å². The molecule has 1 aromatic rings. The van der Waals surface area contributed by atoms with E-state index in [-0.39, 0.29) is 30.6 Å². The van der Waals surface area contributed by atoms with Gasteiger partial charge in [0.05, 0.1) is 19.3 Å². The maximum Gasteiger partial charge on any atom is 0.253 e. The lowest BCUT2D eigenvalue weighted by molar-refractivity contribution is -0.117. The molecule has 2 saturated heterocycles. The van der Waals surface area contributed by atoms with Crippen LogP contribution in [0.3, 0.4) is 0 Å². The van der Waals surface area contributed by atoms with Gasteiger partial charge >= 0.3 is 0 Å². The number of anilines is 1. The van der Waals surface area contributed by atoms with Gasteiger partial charge < -0.3 is 19.9 Å². The number of halogens is 1. The fraction of sp³-hybridized carbons (Fsp3) is 0.462. The summed E-state index contributed by atoms with van der Waals surface area (Å²) in [6, 6.07) is 2.45. The molecular weight excluding hydrogens is 329 g/mol. The zero-order valence-corrected chi connectivity index (χ0v) is 12.9. The standard InChI is InChI=1S/C13H16FN3O5S/c14-12-10(22-7-8-6-21-4-3-15-8)2-1-9(18)13(12)17-5-11(19)16-23(17)20/h1-2,8,15,18H,3-7H2,(H,16,19). The van der Waals surface area contributed by atoms with Crippen LogP contribution < -0.4 is 19.1 Å². The molecule has 2 aliphatic heterocycles. The lowest BCUT2D eigenvalue weighted by Crippen LogP contribution is -2.44. The van der Waals surface area contributed by atoms with Gasteiger partial charge in [0, 0.05) is 6.54 Å². The second-order valence-corrected chi connectivity index (χ2v) is 6.24. The molecule has 2 atom stereocenters. The van der Waals surface area contributed by atoms with Crippen molar-refractivity contribution in [3.63, 3.8) is 0 Å². The van der Waals surface area contributed by atoms with E-state index in [1.807, 2.05) is 0 Å². The predicted octanol–water partition coefficient (Wildman–Crippen LogP) is -0.587. The van der Waals surface area contributed by atoms with E-state index in [4.69, 9.17) is 9.47 Å². The van der Waals surface area contributed by atoms with E-state index in [9.17, 15) is 18.5 Å². The van der Waals surface area contributed by atoms with Crippen LogP contribution in [-0.4, -0.2) is 54.2 Å². The van der Waals surface area contributed by atoms with E-state index in [0.29, 0.717) is 19.8 Å². The number of aromatic hydroxyl groups is 1. The van der Waals surface area contributed by atoms with Gasteiger partial charge in [-0.25, -0.2) is 8.60 Å². The first kappa shape index (κ1) is 16.0. The second-order valence-electron chi connectivity index (χ2n) is 5.09. The molecule has 0 spiro atoms. The van der Waals surface area contributed by atoms with E-state index in [1.54, 1.807) is 0 Å². The molecule has 0 aromatic heterocycles. The number of hydrogen-bond donors (Lipinski definition) is 3. The molecule has 3 rings (SSSR count). The summed E-state index contributed by atoms with van der Waals surface area (Å²) in [7, 11) is 0. The number of nitrogens with one attached hydrogen (secondary N) is 2. The Morgan fingerprint density at radius 2 is 2.35 bits per heavy atom. The Kier molecular flexibility index (Phi) is 4.64. The fourth-order valence-electron chi connectivity index (χ4n) is 2.34. The van der Waals surface area contributed by atoms with E-state index in [1.165, 1.54) is 12.1 Å². The Hall–Kier alpha value is -1.91. The molecule has 23 heavy (non-hydrogen) atoms. The fourth-order valence-corrected chi connectivity index (χ4v) is 3.28. The van der Waals surface area contributed by atoms with Crippen molar-refractivity contribution in [2.24, 2.45) is 0 Å². The monoisotopic (exact) mass is 345 g/mol. The normalized spacial score (nSPS) is 24.6. The lowest BCUT2D eigenvalue weighted by atomic mass is 10.2. The summed E-state index contributed by atoms with van der Waals surface area (Å²) in [6.45, 7) is 1.65. The molecule has 3 N–H and O–H groups in total. The highest BCUT2D eigenvalue weighted by atomic mass is 32.2. The first-order valence-corrected chi connectivity index (χ1v) is 8.11. The topological polar surface area (TPSA) is 100 Å². The van der Waals surface area contributed by atoms with Gasteiger partial charge in [-0.2, -0.15) is 0 Å². The van der Waals surface area contributed by atoms with Crippen LogP contribution in [0.2, 0.25) is 0 Å². The third kappa shape index (κ3) is 3.38. The average molecular weight is 345 g/mol. The number of phenols is 1. The van der Waals surface area contributed by atoms with Gasteiger partial charge in [-0.15, -0.1) is 0 Å². The number of amides is 1. The summed E-state index contributed by atoms with van der Waals surface area (Å²) in [5, 5.41) is 13.0. The van der Waals surface area contributed by atoms with E-state index in [0.717, 1.165) is 4.31 Å². The van der Waals surface area contributed by atoms with Crippen LogP contribution in [-0.2, 0) is 20.7 Å². The van der Waals surface area contributed by atoms with Crippen molar-refractivity contribution in [2.75, 3.05) is 37.2 Å². The van der Waals surface area contributed by atoms with Crippen molar-refractivity contribution in [3.8, 4) is 11.5 Å². The van der Waals surface area contributed by atoms with Crippen molar-refractivity contribution in [1.29, 1.82) is 0 Å². The highest BCUT2D eigenvalue weighted by molar-refractivity contribution is 7.85. The van der Waals surface area contributed by atoms with Gasteiger partial charge in [-0.3, -0.25) is 13.8 Å². The maximum absolute atomic E-state index is 14.6. The Balaban J connectivity index is 1.78. The summed E-state index contributed by atoms with van der Waals surface area (Å²) in [6.07, 6.45) is 0. The first-order valence-electron chi connectivity index (χ1n) is 7.00. The molecule has 2 aliphatic rings. The minimum absolute atomic E-state index is 0.0652. The number of rotatable bonds is 4. The van der Waals surface area contributed by atoms with Crippen LogP contribution in [0.1, 0.15) is 0 Å². The zero-order chi connectivity index (χ0) is 16.4. The zero-order valence-electron chi connectivity index (χ0n) is 12.1. The molecule has 126 valence electrons. The number of benzene rings is 1. The molecule has 0 aliphatic carbocycles. The third-order valence-corrected chi connectivity index (χ3v) is 4.55. The number of ether oxygens (including phenoxy) is 2. The van der Waals surface area contributed by atoms with Gasteiger partial charge in [-0.1, -0.05) is 0 Å². The third-order valence-electron chi connectivity index (χ3n) is 3.44. The molecular formula is C13H16FN3O5S. The summed E-state index contributed by atoms with van der Waals surface area (Å²) in [5.41, 5.74) is -0.327. The minimum atomic E-state index is -1.93. The summed E-state index contributed by atoms with van der Waals surface area (Å²) in [5.74, 6) is -1.90. The Bertz CT molecular complexity index is 638. The van der Waals surface area contributed by atoms with Crippen molar-refractivity contribution >= 4 is 22.8 Å². The number of hydrogen-bond acceptors (Lipinski definition) is 6. The van der Waals surface area contributed by atoms with Crippen LogP contribution in [0.5, 0.6) is 11.5 Å². The minimum Gasteiger partial charge on any atom is -0.506 e. The van der Waals surface area contributed by atoms with Crippen LogP contribution in [0.4, 0.5) is 10.1 Å². The van der Waals surface area contributed by atoms with Crippen molar-refractivity contribution in [1.82, 2.24) is 10.0 Å². The number of morpholine rings is 1. The average Bonchev–Trinajstić information content (AvgIpc) is 2.86. The van der Waals surface area contributed by atoms with Crippen LogP contribution in [0.15, 0.2) is 12.1 Å². The number of phenolic OH excluding ortho intramolecular Hbond substituents is 1. The number of nitrogens with zero attached hydrogens (tertiary/aromatic N) is 1. The van der Waals surface area contributed by atoms with Crippen molar-refractivity contribution in [2.45, 2.75) is 6.04 Å². The summed E-state index contributed by atoms with van der Waals surface area (Å²) >= 11 is -1.93. The SMILES string of the molecule is O=C1CN(c2c(O)ccc(OCC3COCCN3)c2F)S(=O)N1. The van der Waals surface area contributed by atoms with Gasteiger partial charge in [0.2, 0.25) is 11.2 Å². The molecule has 2 unspecified atom stereocenters. The summed E-state index contributed by atoms with van der Waals surface area (Å²) < 4.78 is 40.2. The predicted molar refractivity (Wildman–Crippen MR) is 79.8 cm³/mol. The molecule has 8 nitrogen and oxygen atoms in total. The second kappa shape index (κ2) is 6.69. The van der Waals surface area contributed by atoms with Crippen LogP contribution >= 0.6 is 0 Å². The van der Waals surface area contributed by atoms with E-state index in [2.05, 4.69) is 10.0 Å². The quantitative estimate of drug-likeness (QED) is 0.675. The molecule has 10 heteroatoms. The van der Waals surface area contributed by atoms with Crippen LogP contribution in [0.25, 0.3) is 0 Å². The van der Waals surface area contributed by atoms with Gasteiger partial charge in [0.15, 0.2) is 11.6 Å². The molecule has 2 heterocycles. The van der Waals surface area contributed by atoms with E-state index < -0.39 is 28.6 Å².